The van der Waals surface area contributed by atoms with Crippen LogP contribution in [0.1, 0.15) is 16.1 Å². The van der Waals surface area contributed by atoms with Gasteiger partial charge in [0, 0.05) is 16.4 Å². The predicted molar refractivity (Wildman–Crippen MR) is 77.8 cm³/mol. The summed E-state index contributed by atoms with van der Waals surface area (Å²) in [4.78, 5) is 8.14. The minimum absolute atomic E-state index is 0.914. The number of nitrogens with zero attached hydrogens (tertiary/aromatic N) is 2. The van der Waals surface area contributed by atoms with Gasteiger partial charge in [-0.2, -0.15) is 0 Å². The van der Waals surface area contributed by atoms with E-state index in [0.29, 0.717) is 0 Å². The van der Waals surface area contributed by atoms with Crippen LogP contribution in [0.2, 0.25) is 0 Å². The van der Waals surface area contributed by atoms with Crippen molar-refractivity contribution in [3.05, 3.63) is 44.2 Å². The Morgan fingerprint density at radius 2 is 2.06 bits per heavy atom. The predicted octanol–water partition coefficient (Wildman–Crippen LogP) is 4.16. The lowest BCUT2D eigenvalue weighted by Gasteiger charge is -2.18. The summed E-state index contributed by atoms with van der Waals surface area (Å²) in [6, 6.07) is 6.25. The molecule has 0 saturated heterocycles. The van der Waals surface area contributed by atoms with Crippen LogP contribution in [0.15, 0.2) is 28.1 Å². The van der Waals surface area contributed by atoms with Crippen LogP contribution >= 0.6 is 27.3 Å². The molecule has 0 aliphatic heterocycles. The van der Waals surface area contributed by atoms with E-state index in [9.17, 15) is 0 Å². The minimum atomic E-state index is 0.914. The average molecular weight is 311 g/mol. The summed E-state index contributed by atoms with van der Waals surface area (Å²) in [6.07, 6.45) is 0. The summed E-state index contributed by atoms with van der Waals surface area (Å²) >= 11 is 5.27. The zero-order chi connectivity index (χ0) is 12.4. The largest absolute Gasteiger partial charge is 0.355 e. The van der Waals surface area contributed by atoms with Crippen LogP contribution in [0.5, 0.6) is 0 Å². The average Bonchev–Trinajstić information content (AvgIpc) is 2.68. The van der Waals surface area contributed by atoms with Gasteiger partial charge in [-0.05, 0) is 58.9 Å². The van der Waals surface area contributed by atoms with Crippen LogP contribution in [0.25, 0.3) is 0 Å². The van der Waals surface area contributed by atoms with Crippen LogP contribution in [-0.2, 0) is 6.54 Å². The van der Waals surface area contributed by atoms with E-state index in [1.165, 1.54) is 10.4 Å². The summed E-state index contributed by atoms with van der Waals surface area (Å²) in [7, 11) is 2.08. The summed E-state index contributed by atoms with van der Waals surface area (Å²) in [6.45, 7) is 5.08. The molecule has 0 aliphatic rings. The molecule has 90 valence electrons. The van der Waals surface area contributed by atoms with E-state index in [4.69, 9.17) is 0 Å². The number of rotatable bonds is 3. The lowest BCUT2D eigenvalue weighted by atomic mass is 10.3. The van der Waals surface area contributed by atoms with Crippen LogP contribution in [0.4, 0.5) is 5.82 Å². The SMILES string of the molecule is Cc1ccsc1CN(C)c1ccc(Br)c(C)n1. The third-order valence-electron chi connectivity index (χ3n) is 2.75. The van der Waals surface area contributed by atoms with Crippen LogP contribution in [-0.4, -0.2) is 12.0 Å². The number of hydrogen-bond donors (Lipinski definition) is 0. The molecule has 0 fully saturated rings. The maximum atomic E-state index is 4.57. The Labute approximate surface area is 114 Å². The van der Waals surface area contributed by atoms with Gasteiger partial charge in [-0.25, -0.2) is 4.98 Å². The molecular weight excluding hydrogens is 296 g/mol. The number of aromatic nitrogens is 1. The van der Waals surface area contributed by atoms with E-state index in [-0.39, 0.29) is 0 Å². The fourth-order valence-corrected chi connectivity index (χ4v) is 2.79. The van der Waals surface area contributed by atoms with Crippen molar-refractivity contribution in [3.8, 4) is 0 Å². The third kappa shape index (κ3) is 2.87. The Kier molecular flexibility index (Phi) is 3.84. The van der Waals surface area contributed by atoms with Gasteiger partial charge in [0.25, 0.3) is 0 Å². The first kappa shape index (κ1) is 12.6. The molecular formula is C13H15BrN2S. The van der Waals surface area contributed by atoms with Crippen molar-refractivity contribution in [3.63, 3.8) is 0 Å². The second-order valence-corrected chi connectivity index (χ2v) is 5.97. The monoisotopic (exact) mass is 310 g/mol. The molecule has 2 nitrogen and oxygen atoms in total. The van der Waals surface area contributed by atoms with Gasteiger partial charge in [0.15, 0.2) is 0 Å². The Morgan fingerprint density at radius 1 is 1.29 bits per heavy atom. The number of halogens is 1. The fourth-order valence-electron chi connectivity index (χ4n) is 1.61. The van der Waals surface area contributed by atoms with Gasteiger partial charge in [0.1, 0.15) is 5.82 Å². The van der Waals surface area contributed by atoms with Crippen LogP contribution < -0.4 is 4.90 Å². The molecule has 0 amide bonds. The number of thiophene rings is 1. The molecule has 0 atom stereocenters. The Hall–Kier alpha value is -0.870. The van der Waals surface area contributed by atoms with Gasteiger partial charge in [0.2, 0.25) is 0 Å². The van der Waals surface area contributed by atoms with E-state index in [0.717, 1.165) is 22.5 Å². The maximum absolute atomic E-state index is 4.57. The summed E-state index contributed by atoms with van der Waals surface area (Å²) in [5.74, 6) is 1.01. The van der Waals surface area contributed by atoms with E-state index in [2.05, 4.69) is 57.3 Å². The zero-order valence-corrected chi connectivity index (χ0v) is 12.6. The van der Waals surface area contributed by atoms with Crippen LogP contribution in [0.3, 0.4) is 0 Å². The summed E-state index contributed by atoms with van der Waals surface area (Å²) < 4.78 is 1.06. The molecule has 4 heteroatoms. The molecule has 0 N–H and O–H groups in total. The fraction of sp³-hybridized carbons (Fsp3) is 0.308. The van der Waals surface area contributed by atoms with Gasteiger partial charge in [-0.1, -0.05) is 0 Å². The second-order valence-electron chi connectivity index (χ2n) is 4.12. The zero-order valence-electron chi connectivity index (χ0n) is 10.2. The Morgan fingerprint density at radius 3 is 2.65 bits per heavy atom. The quantitative estimate of drug-likeness (QED) is 0.846. The van der Waals surface area contributed by atoms with E-state index < -0.39 is 0 Å². The highest BCUT2D eigenvalue weighted by Gasteiger charge is 2.07. The van der Waals surface area contributed by atoms with Gasteiger partial charge >= 0.3 is 0 Å². The van der Waals surface area contributed by atoms with Crippen molar-refractivity contribution < 1.29 is 0 Å². The molecule has 0 bridgehead atoms. The first-order valence-electron chi connectivity index (χ1n) is 5.45. The normalized spacial score (nSPS) is 10.6. The molecule has 0 saturated carbocycles. The first-order valence-corrected chi connectivity index (χ1v) is 7.12. The Balaban J connectivity index is 2.17. The Bertz CT molecular complexity index is 522. The molecule has 17 heavy (non-hydrogen) atoms. The van der Waals surface area contributed by atoms with Gasteiger partial charge in [-0.15, -0.1) is 11.3 Å². The maximum Gasteiger partial charge on any atom is 0.128 e. The van der Waals surface area contributed by atoms with Crippen molar-refractivity contribution >= 4 is 33.1 Å². The molecule has 2 heterocycles. The van der Waals surface area contributed by atoms with Gasteiger partial charge in [-0.3, -0.25) is 0 Å². The molecule has 0 aromatic carbocycles. The highest BCUT2D eigenvalue weighted by Crippen LogP contribution is 2.22. The smallest absolute Gasteiger partial charge is 0.128 e. The van der Waals surface area contributed by atoms with Crippen molar-refractivity contribution in [2.45, 2.75) is 20.4 Å². The van der Waals surface area contributed by atoms with Crippen molar-refractivity contribution in [1.29, 1.82) is 0 Å². The summed E-state index contributed by atoms with van der Waals surface area (Å²) in [5, 5.41) is 2.14. The number of pyridine rings is 1. The number of anilines is 1. The topological polar surface area (TPSA) is 16.1 Å². The molecule has 0 unspecified atom stereocenters. The highest BCUT2D eigenvalue weighted by molar-refractivity contribution is 9.10. The van der Waals surface area contributed by atoms with E-state index in [1.807, 2.05) is 13.0 Å². The molecule has 0 aliphatic carbocycles. The highest BCUT2D eigenvalue weighted by atomic mass is 79.9. The number of hydrogen-bond acceptors (Lipinski definition) is 3. The molecule has 0 radical (unpaired) electrons. The summed E-state index contributed by atoms with van der Waals surface area (Å²) in [5.41, 5.74) is 2.38. The van der Waals surface area contributed by atoms with Crippen molar-refractivity contribution in [1.82, 2.24) is 4.98 Å². The lowest BCUT2D eigenvalue weighted by molar-refractivity contribution is 0.899. The van der Waals surface area contributed by atoms with Crippen LogP contribution in [0, 0.1) is 13.8 Å². The van der Waals surface area contributed by atoms with E-state index >= 15 is 0 Å². The molecule has 0 spiro atoms. The molecule has 2 aromatic heterocycles. The minimum Gasteiger partial charge on any atom is -0.355 e. The van der Waals surface area contributed by atoms with Crippen molar-refractivity contribution in [2.24, 2.45) is 0 Å². The number of aryl methyl sites for hydroxylation is 2. The standard InChI is InChI=1S/C13H15BrN2S/c1-9-6-7-17-12(9)8-16(3)13-5-4-11(14)10(2)15-13/h4-7H,8H2,1-3H3. The second kappa shape index (κ2) is 5.19. The lowest BCUT2D eigenvalue weighted by Crippen LogP contribution is -2.17. The first-order chi connectivity index (χ1) is 8.08. The third-order valence-corrected chi connectivity index (χ3v) is 4.59. The van der Waals surface area contributed by atoms with Crippen molar-refractivity contribution in [2.75, 3.05) is 11.9 Å². The van der Waals surface area contributed by atoms with E-state index in [1.54, 1.807) is 11.3 Å². The van der Waals surface area contributed by atoms with Gasteiger partial charge < -0.3 is 4.90 Å². The molecule has 2 aromatic rings. The molecule has 2 rings (SSSR count). The van der Waals surface area contributed by atoms with Gasteiger partial charge in [0.05, 0.1) is 12.2 Å².